The Balaban J connectivity index is 2.75. The summed E-state index contributed by atoms with van der Waals surface area (Å²) in [5, 5.41) is 12.1. The van der Waals surface area contributed by atoms with E-state index in [0.717, 1.165) is 0 Å². The lowest BCUT2D eigenvalue weighted by Gasteiger charge is -1.91. The summed E-state index contributed by atoms with van der Waals surface area (Å²) in [6, 6.07) is 0. The second-order valence-corrected chi connectivity index (χ2v) is 1.96. The first-order valence-corrected chi connectivity index (χ1v) is 2.93. The maximum Gasteiger partial charge on any atom is 0.325 e. The Morgan fingerprint density at radius 1 is 1.91 bits per heavy atom. The molecule has 0 bridgehead atoms. The summed E-state index contributed by atoms with van der Waals surface area (Å²) in [4.78, 5) is 10.2. The Morgan fingerprint density at radius 2 is 2.64 bits per heavy atom. The van der Waals surface area contributed by atoms with Crippen LogP contribution < -0.4 is 0 Å². The van der Waals surface area contributed by atoms with E-state index >= 15 is 0 Å². The van der Waals surface area contributed by atoms with Gasteiger partial charge in [0.05, 0.1) is 11.8 Å². The van der Waals surface area contributed by atoms with Crippen LogP contribution in [0.4, 0.5) is 0 Å². The molecule has 0 atom stereocenters. The van der Waals surface area contributed by atoms with Gasteiger partial charge in [-0.25, -0.2) is 0 Å². The number of aliphatic carboxylic acids is 1. The number of carbonyl (C=O) groups is 1. The molecular formula is C7H6N2O2. The maximum absolute atomic E-state index is 10.2. The fourth-order valence-electron chi connectivity index (χ4n) is 0.663. The van der Waals surface area contributed by atoms with Crippen molar-refractivity contribution >= 4 is 5.97 Å². The van der Waals surface area contributed by atoms with Gasteiger partial charge in [0.15, 0.2) is 0 Å². The average molecular weight is 150 g/mol. The Labute approximate surface area is 63.5 Å². The number of aromatic nitrogens is 2. The Bertz CT molecular complexity index is 308. The molecule has 1 aromatic heterocycles. The lowest BCUT2D eigenvalue weighted by Crippen LogP contribution is -2.08. The van der Waals surface area contributed by atoms with Gasteiger partial charge < -0.3 is 5.11 Å². The molecule has 1 heterocycles. The third-order valence-corrected chi connectivity index (χ3v) is 1.10. The molecule has 1 N–H and O–H groups in total. The molecule has 0 radical (unpaired) electrons. The molecule has 11 heavy (non-hydrogen) atoms. The zero-order valence-corrected chi connectivity index (χ0v) is 5.69. The van der Waals surface area contributed by atoms with Crippen molar-refractivity contribution in [3.05, 3.63) is 18.0 Å². The molecule has 0 aliphatic rings. The molecule has 0 aliphatic carbocycles. The van der Waals surface area contributed by atoms with Gasteiger partial charge in [-0.1, -0.05) is 5.92 Å². The summed E-state index contributed by atoms with van der Waals surface area (Å²) in [6.45, 7) is -0.151. The quantitative estimate of drug-likeness (QED) is 0.601. The molecule has 0 aliphatic heterocycles. The van der Waals surface area contributed by atoms with E-state index in [1.165, 1.54) is 17.1 Å². The molecule has 0 fully saturated rings. The minimum absolute atomic E-state index is 0.151. The van der Waals surface area contributed by atoms with Crippen molar-refractivity contribution in [1.82, 2.24) is 9.78 Å². The zero-order valence-electron chi connectivity index (χ0n) is 5.69. The molecule has 0 unspecified atom stereocenters. The van der Waals surface area contributed by atoms with Gasteiger partial charge in [0.1, 0.15) is 6.54 Å². The van der Waals surface area contributed by atoms with E-state index in [4.69, 9.17) is 11.5 Å². The topological polar surface area (TPSA) is 55.1 Å². The van der Waals surface area contributed by atoms with Gasteiger partial charge in [0.25, 0.3) is 0 Å². The van der Waals surface area contributed by atoms with E-state index in [1.807, 2.05) is 0 Å². The largest absolute Gasteiger partial charge is 0.480 e. The summed E-state index contributed by atoms with van der Waals surface area (Å²) in [7, 11) is 0. The highest BCUT2D eigenvalue weighted by molar-refractivity contribution is 5.66. The van der Waals surface area contributed by atoms with E-state index in [-0.39, 0.29) is 6.54 Å². The minimum Gasteiger partial charge on any atom is -0.480 e. The van der Waals surface area contributed by atoms with Crippen molar-refractivity contribution in [3.63, 3.8) is 0 Å². The molecule has 1 aromatic rings. The molecule has 0 spiro atoms. The van der Waals surface area contributed by atoms with Crippen LogP contribution in [0.5, 0.6) is 0 Å². The van der Waals surface area contributed by atoms with Crippen molar-refractivity contribution in [2.75, 3.05) is 0 Å². The van der Waals surface area contributed by atoms with E-state index in [9.17, 15) is 4.79 Å². The lowest BCUT2D eigenvalue weighted by atomic mass is 10.4. The third-order valence-electron chi connectivity index (χ3n) is 1.10. The predicted molar refractivity (Wildman–Crippen MR) is 37.8 cm³/mol. The predicted octanol–water partition coefficient (Wildman–Crippen LogP) is -0.0510. The maximum atomic E-state index is 10.2. The molecule has 4 heteroatoms. The molecule has 1 rings (SSSR count). The fraction of sp³-hybridized carbons (Fsp3) is 0.143. The summed E-state index contributed by atoms with van der Waals surface area (Å²) >= 11 is 0. The van der Waals surface area contributed by atoms with Gasteiger partial charge in [-0.2, -0.15) is 5.10 Å². The molecule has 0 saturated heterocycles. The van der Waals surface area contributed by atoms with Crippen molar-refractivity contribution in [1.29, 1.82) is 0 Å². The Hall–Kier alpha value is -1.76. The van der Waals surface area contributed by atoms with Gasteiger partial charge in [0, 0.05) is 6.20 Å². The van der Waals surface area contributed by atoms with Crippen molar-refractivity contribution in [2.24, 2.45) is 0 Å². The van der Waals surface area contributed by atoms with Crippen LogP contribution in [-0.2, 0) is 11.3 Å². The second-order valence-electron chi connectivity index (χ2n) is 1.96. The van der Waals surface area contributed by atoms with Crippen molar-refractivity contribution in [2.45, 2.75) is 6.54 Å². The smallest absolute Gasteiger partial charge is 0.325 e. The number of hydrogen-bond donors (Lipinski definition) is 1. The van der Waals surface area contributed by atoms with Crippen LogP contribution in [0.3, 0.4) is 0 Å². The van der Waals surface area contributed by atoms with E-state index in [1.54, 1.807) is 0 Å². The normalized spacial score (nSPS) is 9.00. The molecule has 0 aromatic carbocycles. The highest BCUT2D eigenvalue weighted by atomic mass is 16.4. The summed E-state index contributed by atoms with van der Waals surface area (Å²) < 4.78 is 1.28. The second kappa shape index (κ2) is 2.88. The molecule has 0 amide bonds. The van der Waals surface area contributed by atoms with Crippen LogP contribution in [0, 0.1) is 12.3 Å². The molecule has 4 nitrogen and oxygen atoms in total. The van der Waals surface area contributed by atoms with Crippen LogP contribution in [0.2, 0.25) is 0 Å². The van der Waals surface area contributed by atoms with Crippen LogP contribution in [0.25, 0.3) is 0 Å². The van der Waals surface area contributed by atoms with Gasteiger partial charge in [0.2, 0.25) is 0 Å². The summed E-state index contributed by atoms with van der Waals surface area (Å²) in [5.74, 6) is 1.41. The van der Waals surface area contributed by atoms with E-state index in [0.29, 0.717) is 5.56 Å². The van der Waals surface area contributed by atoms with Gasteiger partial charge in [-0.05, 0) is 0 Å². The van der Waals surface area contributed by atoms with Crippen LogP contribution in [0.1, 0.15) is 5.56 Å². The first kappa shape index (κ1) is 7.35. The number of carboxylic acid groups (broad SMARTS) is 1. The van der Waals surface area contributed by atoms with Crippen LogP contribution in [0.15, 0.2) is 12.4 Å². The fourth-order valence-corrected chi connectivity index (χ4v) is 0.663. The summed E-state index contributed by atoms with van der Waals surface area (Å²) in [6.07, 6.45) is 8.00. The minimum atomic E-state index is -0.934. The highest BCUT2D eigenvalue weighted by Gasteiger charge is 1.99. The van der Waals surface area contributed by atoms with Gasteiger partial charge >= 0.3 is 5.97 Å². The number of hydrogen-bond acceptors (Lipinski definition) is 2. The molecule has 56 valence electrons. The average Bonchev–Trinajstić information content (AvgIpc) is 2.34. The van der Waals surface area contributed by atoms with E-state index < -0.39 is 5.97 Å². The zero-order chi connectivity index (χ0) is 8.27. The SMILES string of the molecule is C#Cc1cnn(CC(=O)O)c1. The summed E-state index contributed by atoms with van der Waals surface area (Å²) in [5.41, 5.74) is 0.589. The number of rotatable bonds is 2. The van der Waals surface area contributed by atoms with Crippen molar-refractivity contribution < 1.29 is 9.90 Å². The lowest BCUT2D eigenvalue weighted by molar-refractivity contribution is -0.137. The standard InChI is InChI=1S/C7H6N2O2/c1-2-6-3-8-9(4-6)5-7(10)11/h1,3-4H,5H2,(H,10,11). The highest BCUT2D eigenvalue weighted by Crippen LogP contribution is 1.93. The van der Waals surface area contributed by atoms with E-state index in [2.05, 4.69) is 11.0 Å². The van der Waals surface area contributed by atoms with Gasteiger partial charge in [-0.3, -0.25) is 9.48 Å². The monoisotopic (exact) mass is 150 g/mol. The molecular weight excluding hydrogens is 144 g/mol. The van der Waals surface area contributed by atoms with Gasteiger partial charge in [-0.15, -0.1) is 6.42 Å². The number of carboxylic acids is 1. The van der Waals surface area contributed by atoms with Crippen LogP contribution in [-0.4, -0.2) is 20.9 Å². The number of nitrogens with zero attached hydrogens (tertiary/aromatic N) is 2. The Kier molecular flexibility index (Phi) is 1.93. The Morgan fingerprint density at radius 3 is 3.09 bits per heavy atom. The third kappa shape index (κ3) is 1.83. The van der Waals surface area contributed by atoms with Crippen LogP contribution >= 0.6 is 0 Å². The first-order chi connectivity index (χ1) is 5.22. The first-order valence-electron chi connectivity index (χ1n) is 2.93. The molecule has 0 saturated carbocycles. The van der Waals surface area contributed by atoms with Crippen molar-refractivity contribution in [3.8, 4) is 12.3 Å². The number of terminal acetylenes is 1.